The third-order valence-corrected chi connectivity index (χ3v) is 19.4. The number of aliphatic hydroxyl groups is 1. The number of phosphoric acid groups is 2. The smallest absolute Gasteiger partial charge is 0.462 e. The fraction of sp³-hybridized carbons (Fsp3) is 0.896. The number of ether oxygens (including phenoxy) is 4. The molecule has 2 unspecified atom stereocenters. The van der Waals surface area contributed by atoms with Gasteiger partial charge in [0, 0.05) is 25.7 Å². The van der Waals surface area contributed by atoms with Crippen LogP contribution >= 0.6 is 15.6 Å². The van der Waals surface area contributed by atoms with Crippen LogP contribution in [0.1, 0.15) is 387 Å². The second-order valence-electron chi connectivity index (χ2n) is 27.1. The van der Waals surface area contributed by atoms with E-state index in [-0.39, 0.29) is 25.7 Å². The Bertz CT molecular complexity index is 1920. The molecule has 0 saturated carbocycles. The van der Waals surface area contributed by atoms with Gasteiger partial charge in [-0.1, -0.05) is 335 Å². The minimum absolute atomic E-state index is 0.102. The summed E-state index contributed by atoms with van der Waals surface area (Å²) >= 11 is 0. The molecule has 96 heavy (non-hydrogen) atoms. The first kappa shape index (κ1) is 93.5. The van der Waals surface area contributed by atoms with Crippen LogP contribution in [0.15, 0.2) is 24.3 Å². The third kappa shape index (κ3) is 70.0. The zero-order chi connectivity index (χ0) is 70.4. The minimum Gasteiger partial charge on any atom is -0.462 e. The van der Waals surface area contributed by atoms with Crippen LogP contribution in [0.3, 0.4) is 0 Å². The summed E-state index contributed by atoms with van der Waals surface area (Å²) in [6, 6.07) is 0. The Hall–Kier alpha value is -2.46. The van der Waals surface area contributed by atoms with Gasteiger partial charge in [0.1, 0.15) is 19.3 Å². The molecule has 0 spiro atoms. The van der Waals surface area contributed by atoms with E-state index in [1.54, 1.807) is 0 Å². The molecule has 5 atom stereocenters. The van der Waals surface area contributed by atoms with Crippen LogP contribution in [0.25, 0.3) is 0 Å². The molecular formula is C77H146O17P2. The molecule has 0 aromatic rings. The highest BCUT2D eigenvalue weighted by Crippen LogP contribution is 2.45. The van der Waals surface area contributed by atoms with Crippen LogP contribution < -0.4 is 0 Å². The van der Waals surface area contributed by atoms with Crippen molar-refractivity contribution in [2.24, 2.45) is 0 Å². The zero-order valence-corrected chi connectivity index (χ0v) is 63.6. The van der Waals surface area contributed by atoms with E-state index in [9.17, 15) is 43.2 Å². The Morgan fingerprint density at radius 1 is 0.292 bits per heavy atom. The number of esters is 4. The summed E-state index contributed by atoms with van der Waals surface area (Å²) < 4.78 is 68.3. The van der Waals surface area contributed by atoms with Crippen LogP contribution in [-0.4, -0.2) is 96.7 Å². The second kappa shape index (κ2) is 71.0. The van der Waals surface area contributed by atoms with Gasteiger partial charge < -0.3 is 33.8 Å². The fourth-order valence-corrected chi connectivity index (χ4v) is 13.0. The molecule has 0 saturated heterocycles. The predicted molar refractivity (Wildman–Crippen MR) is 391 cm³/mol. The number of carbonyl (C=O) groups excluding carboxylic acids is 4. The van der Waals surface area contributed by atoms with Crippen molar-refractivity contribution in [3.8, 4) is 0 Å². The Morgan fingerprint density at radius 2 is 0.500 bits per heavy atom. The van der Waals surface area contributed by atoms with E-state index in [0.717, 1.165) is 116 Å². The monoisotopic (exact) mass is 1410 g/mol. The SMILES string of the molecule is CCCCCC/C=C\C=C/CCCCCCCC(=O)OC[C@H](COP(=O)(O)OC[C@@H](O)COP(=O)(O)OC[C@@H](COC(=O)CCCCCCC)OC(=O)CCCCCCCCCCCCCCCCC)OC(=O)CCCCCCCCCCCCCCCCCCCCCCC. The quantitative estimate of drug-likeness (QED) is 0.0169. The van der Waals surface area contributed by atoms with E-state index in [4.69, 9.17) is 37.0 Å². The molecule has 3 N–H and O–H groups in total. The van der Waals surface area contributed by atoms with E-state index >= 15 is 0 Å². The summed E-state index contributed by atoms with van der Waals surface area (Å²) in [5, 5.41) is 10.6. The lowest BCUT2D eigenvalue weighted by atomic mass is 10.0. The number of hydrogen-bond acceptors (Lipinski definition) is 15. The van der Waals surface area contributed by atoms with Crippen molar-refractivity contribution in [3.05, 3.63) is 24.3 Å². The Morgan fingerprint density at radius 3 is 0.760 bits per heavy atom. The number of rotatable bonds is 76. The van der Waals surface area contributed by atoms with Crippen molar-refractivity contribution < 1.29 is 80.2 Å². The predicted octanol–water partition coefficient (Wildman–Crippen LogP) is 22.6. The highest BCUT2D eigenvalue weighted by atomic mass is 31.2. The van der Waals surface area contributed by atoms with Crippen LogP contribution in [0.4, 0.5) is 0 Å². The normalized spacial score (nSPS) is 14.0. The molecule has 0 amide bonds. The van der Waals surface area contributed by atoms with Crippen molar-refractivity contribution in [3.63, 3.8) is 0 Å². The third-order valence-electron chi connectivity index (χ3n) is 17.5. The fourth-order valence-electron chi connectivity index (χ4n) is 11.4. The Balaban J connectivity index is 5.15. The molecule has 0 bridgehead atoms. The molecule has 0 fully saturated rings. The van der Waals surface area contributed by atoms with Crippen LogP contribution in [-0.2, 0) is 65.4 Å². The molecule has 0 aliphatic heterocycles. The lowest BCUT2D eigenvalue weighted by molar-refractivity contribution is -0.161. The summed E-state index contributed by atoms with van der Waals surface area (Å²) in [5.74, 6) is -2.15. The van der Waals surface area contributed by atoms with Crippen molar-refractivity contribution in [1.82, 2.24) is 0 Å². The Labute approximate surface area is 586 Å². The molecule has 0 aliphatic rings. The standard InChI is InChI=1S/C77H146O17P2/c1-5-9-13-17-20-23-26-29-32-33-34-35-36-37-40-43-46-49-52-56-60-64-77(82)94-73(68-88-75(80)62-58-54-50-47-44-41-38-30-27-24-21-18-14-10-6-2)70-92-96(85,86)90-66-71(78)65-89-95(83,84)91-69-72(67-87-74(79)61-57-53-16-12-8-4)93-76(81)63-59-55-51-48-45-42-39-31-28-25-22-19-15-11-7-3/h24,27,30,38,71-73,78H,5-23,25-26,28-29,31-37,39-70H2,1-4H3,(H,83,84)(H,85,86)/b27-24-,38-30-/t71-,72+,73+/m0/s1. The molecule has 17 nitrogen and oxygen atoms in total. The maximum atomic E-state index is 13.1. The average molecular weight is 1410 g/mol. The average Bonchev–Trinajstić information content (AvgIpc) is 1.28. The first-order valence-electron chi connectivity index (χ1n) is 39.6. The molecule has 0 rings (SSSR count). The molecule has 0 aliphatic carbocycles. The molecule has 566 valence electrons. The van der Waals surface area contributed by atoms with Gasteiger partial charge in [0.2, 0.25) is 0 Å². The number of hydrogen-bond donors (Lipinski definition) is 3. The van der Waals surface area contributed by atoms with Crippen LogP contribution in [0, 0.1) is 0 Å². The molecule has 0 aromatic heterocycles. The molecule has 0 radical (unpaired) electrons. The summed E-state index contributed by atoms with van der Waals surface area (Å²) in [6.45, 7) is 4.84. The van der Waals surface area contributed by atoms with Gasteiger partial charge in [0.05, 0.1) is 26.4 Å². The molecular weight excluding hydrogens is 1260 g/mol. The van der Waals surface area contributed by atoms with E-state index in [1.165, 1.54) is 193 Å². The number of allylic oxidation sites excluding steroid dienone is 4. The highest BCUT2D eigenvalue weighted by Gasteiger charge is 2.30. The first-order valence-corrected chi connectivity index (χ1v) is 42.6. The number of carbonyl (C=O) groups is 4. The largest absolute Gasteiger partial charge is 0.472 e. The summed E-state index contributed by atoms with van der Waals surface area (Å²) in [7, 11) is -9.91. The maximum absolute atomic E-state index is 13.1. The van der Waals surface area contributed by atoms with Gasteiger partial charge in [0.25, 0.3) is 0 Å². The van der Waals surface area contributed by atoms with Gasteiger partial charge in [-0.05, 0) is 51.4 Å². The zero-order valence-electron chi connectivity index (χ0n) is 61.8. The number of unbranched alkanes of at least 4 members (excludes halogenated alkanes) is 47. The van der Waals surface area contributed by atoms with Crippen molar-refractivity contribution >= 4 is 39.5 Å². The van der Waals surface area contributed by atoms with Gasteiger partial charge in [-0.25, -0.2) is 9.13 Å². The van der Waals surface area contributed by atoms with Crippen molar-refractivity contribution in [2.45, 2.75) is 406 Å². The van der Waals surface area contributed by atoms with E-state index in [1.807, 2.05) is 0 Å². The van der Waals surface area contributed by atoms with E-state index in [2.05, 4.69) is 52.0 Å². The number of phosphoric ester groups is 2. The van der Waals surface area contributed by atoms with Crippen LogP contribution in [0.5, 0.6) is 0 Å². The molecule has 19 heteroatoms. The van der Waals surface area contributed by atoms with Gasteiger partial charge in [0.15, 0.2) is 12.2 Å². The van der Waals surface area contributed by atoms with Gasteiger partial charge in [-0.15, -0.1) is 0 Å². The summed E-state index contributed by atoms with van der Waals surface area (Å²) in [4.78, 5) is 72.5. The minimum atomic E-state index is -4.96. The van der Waals surface area contributed by atoms with Crippen LogP contribution in [0.2, 0.25) is 0 Å². The molecule has 0 aromatic carbocycles. The summed E-state index contributed by atoms with van der Waals surface area (Å²) in [5.41, 5.74) is 0. The lowest BCUT2D eigenvalue weighted by Crippen LogP contribution is -2.30. The number of aliphatic hydroxyl groups excluding tert-OH is 1. The van der Waals surface area contributed by atoms with Gasteiger partial charge >= 0.3 is 39.5 Å². The van der Waals surface area contributed by atoms with Gasteiger partial charge in [-0.2, -0.15) is 0 Å². The van der Waals surface area contributed by atoms with Crippen molar-refractivity contribution in [1.29, 1.82) is 0 Å². The Kier molecular flexibility index (Phi) is 69.1. The first-order chi connectivity index (χ1) is 46.7. The highest BCUT2D eigenvalue weighted by molar-refractivity contribution is 7.47. The van der Waals surface area contributed by atoms with E-state index in [0.29, 0.717) is 25.7 Å². The van der Waals surface area contributed by atoms with Crippen molar-refractivity contribution in [2.75, 3.05) is 39.6 Å². The topological polar surface area (TPSA) is 237 Å². The lowest BCUT2D eigenvalue weighted by Gasteiger charge is -2.21. The molecule has 0 heterocycles. The van der Waals surface area contributed by atoms with Gasteiger partial charge in [-0.3, -0.25) is 37.3 Å². The maximum Gasteiger partial charge on any atom is 0.472 e. The van der Waals surface area contributed by atoms with E-state index < -0.39 is 97.5 Å². The summed E-state index contributed by atoms with van der Waals surface area (Å²) in [6.07, 6.45) is 65.1. The second-order valence-corrected chi connectivity index (χ2v) is 30.0.